The Morgan fingerprint density at radius 2 is 2.19 bits per heavy atom. The predicted molar refractivity (Wildman–Crippen MR) is 58.6 cm³/mol. The third-order valence-corrected chi connectivity index (χ3v) is 3.67. The van der Waals surface area contributed by atoms with Crippen molar-refractivity contribution in [1.29, 1.82) is 0 Å². The molecule has 1 rings (SSSR count). The van der Waals surface area contributed by atoms with Crippen LogP contribution in [0.15, 0.2) is 18.3 Å². The van der Waals surface area contributed by atoms with E-state index in [9.17, 15) is 13.2 Å². The van der Waals surface area contributed by atoms with Gasteiger partial charge in [-0.2, -0.15) is 0 Å². The zero-order chi connectivity index (χ0) is 12.3. The first kappa shape index (κ1) is 12.4. The van der Waals surface area contributed by atoms with Crippen LogP contribution < -0.4 is 4.72 Å². The lowest BCUT2D eigenvalue weighted by Gasteiger charge is -2.11. The van der Waals surface area contributed by atoms with Gasteiger partial charge >= 0.3 is 5.97 Å². The Morgan fingerprint density at radius 1 is 1.56 bits per heavy atom. The summed E-state index contributed by atoms with van der Waals surface area (Å²) < 4.78 is 25.3. The summed E-state index contributed by atoms with van der Waals surface area (Å²) in [4.78, 5) is 14.4. The van der Waals surface area contributed by atoms with Gasteiger partial charge in [-0.3, -0.25) is 9.52 Å². The minimum absolute atomic E-state index is 0.149. The van der Waals surface area contributed by atoms with Crippen molar-refractivity contribution in [3.05, 3.63) is 23.9 Å². The van der Waals surface area contributed by atoms with Crippen LogP contribution in [0.1, 0.15) is 12.5 Å². The molecule has 1 unspecified atom stereocenters. The molecule has 0 aliphatic carbocycles. The number of hydrogen-bond acceptors (Lipinski definition) is 4. The highest BCUT2D eigenvalue weighted by Gasteiger charge is 2.28. The first-order valence-electron chi connectivity index (χ1n) is 4.50. The fraction of sp³-hybridized carbons (Fsp3) is 0.333. The molecule has 1 aromatic heterocycles. The summed E-state index contributed by atoms with van der Waals surface area (Å²) in [5, 5.41) is 7.11. The van der Waals surface area contributed by atoms with E-state index in [1.165, 1.54) is 6.20 Å². The zero-order valence-electron chi connectivity index (χ0n) is 8.84. The second-order valence-corrected chi connectivity index (χ2v) is 5.30. The maximum atomic E-state index is 11.6. The van der Waals surface area contributed by atoms with Gasteiger partial charge in [-0.05, 0) is 25.5 Å². The van der Waals surface area contributed by atoms with E-state index in [2.05, 4.69) is 9.71 Å². The maximum absolute atomic E-state index is 11.6. The fourth-order valence-corrected chi connectivity index (χ4v) is 1.87. The average molecular weight is 244 g/mol. The van der Waals surface area contributed by atoms with Crippen LogP contribution in [0.25, 0.3) is 0 Å². The summed E-state index contributed by atoms with van der Waals surface area (Å²) in [6.45, 7) is 2.78. The van der Waals surface area contributed by atoms with E-state index in [-0.39, 0.29) is 5.82 Å². The lowest BCUT2D eigenvalue weighted by molar-refractivity contribution is -0.136. The Kier molecular flexibility index (Phi) is 3.48. The molecule has 0 saturated heterocycles. The molecule has 7 heteroatoms. The normalized spacial score (nSPS) is 13.1. The van der Waals surface area contributed by atoms with Crippen molar-refractivity contribution in [3.63, 3.8) is 0 Å². The molecule has 88 valence electrons. The van der Waals surface area contributed by atoms with Crippen molar-refractivity contribution in [2.45, 2.75) is 19.1 Å². The summed E-state index contributed by atoms with van der Waals surface area (Å²) in [7, 11) is -3.95. The summed E-state index contributed by atoms with van der Waals surface area (Å²) in [6.07, 6.45) is 1.43. The smallest absolute Gasteiger partial charge is 0.323 e. The van der Waals surface area contributed by atoms with E-state index >= 15 is 0 Å². The molecule has 1 aromatic rings. The van der Waals surface area contributed by atoms with E-state index in [0.29, 0.717) is 5.56 Å². The zero-order valence-corrected chi connectivity index (χ0v) is 9.65. The number of pyridine rings is 1. The monoisotopic (exact) mass is 244 g/mol. The second kappa shape index (κ2) is 4.48. The highest BCUT2D eigenvalue weighted by molar-refractivity contribution is 7.94. The Balaban J connectivity index is 2.98. The molecule has 6 nitrogen and oxygen atoms in total. The highest BCUT2D eigenvalue weighted by atomic mass is 32.2. The Morgan fingerprint density at radius 3 is 2.69 bits per heavy atom. The van der Waals surface area contributed by atoms with Crippen LogP contribution in [0.2, 0.25) is 0 Å². The van der Waals surface area contributed by atoms with Gasteiger partial charge < -0.3 is 5.11 Å². The van der Waals surface area contributed by atoms with Crippen LogP contribution in [0.5, 0.6) is 0 Å². The fourth-order valence-electron chi connectivity index (χ4n) is 0.948. The summed E-state index contributed by atoms with van der Waals surface area (Å²) in [5.74, 6) is -1.25. The van der Waals surface area contributed by atoms with E-state index in [1.54, 1.807) is 19.1 Å². The Bertz CT molecular complexity index is 498. The third kappa shape index (κ3) is 2.69. The summed E-state index contributed by atoms with van der Waals surface area (Å²) >= 11 is 0. The molecular formula is C9H12N2O4S. The van der Waals surface area contributed by atoms with Crippen LogP contribution in [0.3, 0.4) is 0 Å². The lowest BCUT2D eigenvalue weighted by Crippen LogP contribution is -2.32. The molecule has 0 bridgehead atoms. The number of anilines is 1. The number of hydrogen-bond donors (Lipinski definition) is 2. The number of aliphatic carboxylic acids is 1. The number of carboxylic acid groups (broad SMARTS) is 1. The minimum atomic E-state index is -3.95. The van der Waals surface area contributed by atoms with Crippen LogP contribution >= 0.6 is 0 Å². The van der Waals surface area contributed by atoms with Gasteiger partial charge in [0, 0.05) is 6.20 Å². The quantitative estimate of drug-likeness (QED) is 0.808. The van der Waals surface area contributed by atoms with Gasteiger partial charge in [-0.1, -0.05) is 6.07 Å². The lowest BCUT2D eigenvalue weighted by atomic mass is 10.3. The van der Waals surface area contributed by atoms with E-state index < -0.39 is 21.2 Å². The molecule has 16 heavy (non-hydrogen) atoms. The summed E-state index contributed by atoms with van der Waals surface area (Å²) in [6, 6.07) is 3.34. The van der Waals surface area contributed by atoms with Crippen molar-refractivity contribution in [2.24, 2.45) is 0 Å². The van der Waals surface area contributed by atoms with Crippen LogP contribution in [-0.2, 0) is 14.8 Å². The number of aromatic nitrogens is 1. The van der Waals surface area contributed by atoms with Gasteiger partial charge in [0.1, 0.15) is 5.82 Å². The van der Waals surface area contributed by atoms with Crippen molar-refractivity contribution in [3.8, 4) is 0 Å². The predicted octanol–water partition coefficient (Wildman–Crippen LogP) is 0.605. The minimum Gasteiger partial charge on any atom is -0.480 e. The van der Waals surface area contributed by atoms with Crippen molar-refractivity contribution >= 4 is 21.8 Å². The number of sulfonamides is 1. The van der Waals surface area contributed by atoms with E-state index in [1.807, 2.05) is 0 Å². The highest BCUT2D eigenvalue weighted by Crippen LogP contribution is 2.13. The van der Waals surface area contributed by atoms with Crippen molar-refractivity contribution in [2.75, 3.05) is 4.72 Å². The van der Waals surface area contributed by atoms with Gasteiger partial charge in [-0.25, -0.2) is 13.4 Å². The molecule has 0 spiro atoms. The first-order chi connectivity index (χ1) is 7.34. The van der Waals surface area contributed by atoms with Gasteiger partial charge in [0.15, 0.2) is 5.25 Å². The summed E-state index contributed by atoms with van der Waals surface area (Å²) in [5.41, 5.74) is 0.628. The van der Waals surface area contributed by atoms with E-state index in [4.69, 9.17) is 5.11 Å². The molecule has 0 radical (unpaired) electrons. The SMILES string of the molecule is Cc1cccnc1NS(=O)(=O)C(C)C(=O)O. The maximum Gasteiger partial charge on any atom is 0.323 e. The first-order valence-corrected chi connectivity index (χ1v) is 6.05. The average Bonchev–Trinajstić information content (AvgIpc) is 2.20. The van der Waals surface area contributed by atoms with Gasteiger partial charge in [0.05, 0.1) is 0 Å². The molecule has 2 N–H and O–H groups in total. The molecule has 0 aliphatic rings. The van der Waals surface area contributed by atoms with Crippen LogP contribution in [-0.4, -0.2) is 29.7 Å². The molecular weight excluding hydrogens is 232 g/mol. The van der Waals surface area contributed by atoms with Gasteiger partial charge in [0.25, 0.3) is 0 Å². The number of carboxylic acids is 1. The largest absolute Gasteiger partial charge is 0.480 e. The molecule has 0 aromatic carbocycles. The van der Waals surface area contributed by atoms with Crippen LogP contribution in [0, 0.1) is 6.92 Å². The molecule has 1 heterocycles. The molecule has 0 fully saturated rings. The van der Waals surface area contributed by atoms with Gasteiger partial charge in [0.2, 0.25) is 10.0 Å². The van der Waals surface area contributed by atoms with Gasteiger partial charge in [-0.15, -0.1) is 0 Å². The second-order valence-electron chi connectivity index (χ2n) is 3.30. The standard InChI is InChI=1S/C9H12N2O4S/c1-6-4-3-5-10-8(6)11-16(14,15)7(2)9(12)13/h3-5,7H,1-2H3,(H,10,11)(H,12,13). The number of nitrogens with one attached hydrogen (secondary N) is 1. The van der Waals surface area contributed by atoms with Crippen molar-refractivity contribution < 1.29 is 18.3 Å². The van der Waals surface area contributed by atoms with E-state index in [0.717, 1.165) is 6.92 Å². The number of rotatable bonds is 4. The number of aryl methyl sites for hydroxylation is 1. The molecule has 0 aliphatic heterocycles. The number of carbonyl (C=O) groups is 1. The van der Waals surface area contributed by atoms with Crippen molar-refractivity contribution in [1.82, 2.24) is 4.98 Å². The Hall–Kier alpha value is -1.63. The Labute approximate surface area is 93.4 Å². The molecule has 0 amide bonds. The third-order valence-electron chi connectivity index (χ3n) is 2.06. The molecule has 0 saturated carbocycles. The molecule has 1 atom stereocenters. The topological polar surface area (TPSA) is 96.4 Å². The van der Waals surface area contributed by atoms with Crippen LogP contribution in [0.4, 0.5) is 5.82 Å². The number of nitrogens with zero attached hydrogens (tertiary/aromatic N) is 1.